The quantitative estimate of drug-likeness (QED) is 0.769. The summed E-state index contributed by atoms with van der Waals surface area (Å²) < 4.78 is 10.2. The molecule has 1 rings (SSSR count). The van der Waals surface area contributed by atoms with E-state index in [1.165, 1.54) is 12.7 Å². The fraction of sp³-hybridized carbons (Fsp3) is 0.533. The molecule has 4 heteroatoms. The van der Waals surface area contributed by atoms with Crippen molar-refractivity contribution in [3.05, 3.63) is 29.3 Å². The Morgan fingerprint density at radius 2 is 2.11 bits per heavy atom. The van der Waals surface area contributed by atoms with E-state index in [9.17, 15) is 4.79 Å². The Morgan fingerprint density at radius 3 is 2.74 bits per heavy atom. The van der Waals surface area contributed by atoms with Gasteiger partial charge in [0.2, 0.25) is 0 Å². The maximum Gasteiger partial charge on any atom is 0.308 e. The molecule has 0 saturated heterocycles. The first-order valence-corrected chi connectivity index (χ1v) is 6.55. The van der Waals surface area contributed by atoms with Crippen LogP contribution in [-0.4, -0.2) is 25.7 Å². The Bertz CT molecular complexity index is 416. The maximum absolute atomic E-state index is 11.0. The number of nitrogens with one attached hydrogen (secondary N) is 1. The summed E-state index contributed by atoms with van der Waals surface area (Å²) in [5.41, 5.74) is 2.31. The number of carbonyl (C=O) groups excluding carboxylic acids is 1. The summed E-state index contributed by atoms with van der Waals surface area (Å²) in [7, 11) is 1.38. The summed E-state index contributed by atoms with van der Waals surface area (Å²) in [6.45, 7) is 7.36. The lowest BCUT2D eigenvalue weighted by atomic mass is 10.1. The number of hydrogen-bond donors (Lipinski definition) is 1. The summed E-state index contributed by atoms with van der Waals surface area (Å²) in [5.74, 6) is 0.566. The molecule has 0 amide bonds. The molecule has 1 aromatic carbocycles. The minimum absolute atomic E-state index is 0.256. The number of aryl methyl sites for hydroxylation is 1. The predicted octanol–water partition coefficient (Wildman–Crippen LogP) is 2.43. The number of ether oxygens (including phenoxy) is 2. The smallest absolute Gasteiger partial charge is 0.308 e. The number of esters is 1. The zero-order valence-electron chi connectivity index (χ0n) is 12.2. The van der Waals surface area contributed by atoms with E-state index in [-0.39, 0.29) is 12.4 Å². The minimum atomic E-state index is -0.256. The minimum Gasteiger partial charge on any atom is -0.493 e. The molecule has 0 spiro atoms. The van der Waals surface area contributed by atoms with Crippen LogP contribution in [0.2, 0.25) is 0 Å². The normalized spacial score (nSPS) is 10.6. The molecule has 0 fully saturated rings. The predicted molar refractivity (Wildman–Crippen MR) is 75.3 cm³/mol. The molecule has 0 atom stereocenters. The van der Waals surface area contributed by atoms with Gasteiger partial charge in [-0.3, -0.25) is 4.79 Å². The van der Waals surface area contributed by atoms with Crippen LogP contribution in [0.15, 0.2) is 18.2 Å². The Labute approximate surface area is 115 Å². The first kappa shape index (κ1) is 15.5. The van der Waals surface area contributed by atoms with Crippen molar-refractivity contribution in [3.63, 3.8) is 0 Å². The van der Waals surface area contributed by atoms with Crippen LogP contribution < -0.4 is 10.1 Å². The third-order valence-corrected chi connectivity index (χ3v) is 2.71. The molecule has 4 nitrogen and oxygen atoms in total. The van der Waals surface area contributed by atoms with E-state index >= 15 is 0 Å². The van der Waals surface area contributed by atoms with Crippen LogP contribution in [0.3, 0.4) is 0 Å². The van der Waals surface area contributed by atoms with Gasteiger partial charge in [-0.25, -0.2) is 0 Å². The van der Waals surface area contributed by atoms with Crippen LogP contribution in [0.5, 0.6) is 5.75 Å². The van der Waals surface area contributed by atoms with Crippen molar-refractivity contribution in [3.8, 4) is 5.75 Å². The van der Waals surface area contributed by atoms with Crippen molar-refractivity contribution in [2.75, 3.05) is 13.7 Å². The monoisotopic (exact) mass is 265 g/mol. The standard InChI is InChI=1S/C15H23NO3/c1-11(2)16-10-13-9-12(3)5-6-14(13)19-8-7-15(17)18-4/h5-6,9,11,16H,7-8,10H2,1-4H3. The second kappa shape index (κ2) is 7.79. The highest BCUT2D eigenvalue weighted by Crippen LogP contribution is 2.20. The van der Waals surface area contributed by atoms with Crippen molar-refractivity contribution in [1.29, 1.82) is 0 Å². The van der Waals surface area contributed by atoms with Crippen molar-refractivity contribution in [1.82, 2.24) is 5.32 Å². The first-order chi connectivity index (χ1) is 9.02. The molecule has 0 unspecified atom stereocenters. The molecule has 19 heavy (non-hydrogen) atoms. The summed E-state index contributed by atoms with van der Waals surface area (Å²) >= 11 is 0. The van der Waals surface area contributed by atoms with Crippen molar-refractivity contribution in [2.45, 2.75) is 39.8 Å². The molecule has 0 aliphatic carbocycles. The fourth-order valence-electron chi connectivity index (χ4n) is 1.65. The number of rotatable bonds is 7. The molecule has 0 radical (unpaired) electrons. The van der Waals surface area contributed by atoms with E-state index in [0.717, 1.165) is 17.9 Å². The Kier molecular flexibility index (Phi) is 6.36. The van der Waals surface area contributed by atoms with Crippen LogP contribution >= 0.6 is 0 Å². The van der Waals surface area contributed by atoms with E-state index < -0.39 is 0 Å². The highest BCUT2D eigenvalue weighted by atomic mass is 16.5. The highest BCUT2D eigenvalue weighted by molar-refractivity contribution is 5.69. The highest BCUT2D eigenvalue weighted by Gasteiger charge is 2.06. The summed E-state index contributed by atoms with van der Waals surface area (Å²) in [6.07, 6.45) is 0.265. The van der Waals surface area contributed by atoms with Crippen molar-refractivity contribution >= 4 is 5.97 Å². The van der Waals surface area contributed by atoms with Gasteiger partial charge >= 0.3 is 5.97 Å². The van der Waals surface area contributed by atoms with Crippen LogP contribution in [-0.2, 0) is 16.1 Å². The van der Waals surface area contributed by atoms with Gasteiger partial charge in [0.25, 0.3) is 0 Å². The second-order valence-electron chi connectivity index (χ2n) is 4.82. The van der Waals surface area contributed by atoms with E-state index in [1.807, 2.05) is 12.1 Å². The largest absolute Gasteiger partial charge is 0.493 e. The van der Waals surface area contributed by atoms with Crippen molar-refractivity contribution in [2.24, 2.45) is 0 Å². The summed E-state index contributed by atoms with van der Waals surface area (Å²) in [4.78, 5) is 11.0. The maximum atomic E-state index is 11.0. The third kappa shape index (κ3) is 5.75. The zero-order chi connectivity index (χ0) is 14.3. The van der Waals surface area contributed by atoms with Gasteiger partial charge in [-0.05, 0) is 13.0 Å². The molecule has 0 bridgehead atoms. The van der Waals surface area contributed by atoms with Gasteiger partial charge < -0.3 is 14.8 Å². The molecule has 0 saturated carbocycles. The molecule has 1 N–H and O–H groups in total. The zero-order valence-corrected chi connectivity index (χ0v) is 12.2. The lowest BCUT2D eigenvalue weighted by molar-refractivity contribution is -0.141. The van der Waals surface area contributed by atoms with Gasteiger partial charge in [0, 0.05) is 18.2 Å². The topological polar surface area (TPSA) is 47.6 Å². The lowest BCUT2D eigenvalue weighted by Crippen LogP contribution is -2.22. The number of methoxy groups -OCH3 is 1. The van der Waals surface area contributed by atoms with Gasteiger partial charge in [-0.15, -0.1) is 0 Å². The molecule has 0 aliphatic rings. The Morgan fingerprint density at radius 1 is 1.37 bits per heavy atom. The van der Waals surface area contributed by atoms with Crippen LogP contribution in [0.1, 0.15) is 31.4 Å². The van der Waals surface area contributed by atoms with Crippen molar-refractivity contribution < 1.29 is 14.3 Å². The molecule has 106 valence electrons. The van der Waals surface area contributed by atoms with Crippen LogP contribution in [0.25, 0.3) is 0 Å². The molecule has 0 aliphatic heterocycles. The van der Waals surface area contributed by atoms with E-state index in [1.54, 1.807) is 0 Å². The van der Waals surface area contributed by atoms with E-state index in [0.29, 0.717) is 12.6 Å². The van der Waals surface area contributed by atoms with Gasteiger partial charge in [0.15, 0.2) is 0 Å². The average Bonchev–Trinajstić information content (AvgIpc) is 2.38. The molecule has 0 heterocycles. The first-order valence-electron chi connectivity index (χ1n) is 6.55. The number of carbonyl (C=O) groups is 1. The Hall–Kier alpha value is -1.55. The van der Waals surface area contributed by atoms with Gasteiger partial charge in [-0.2, -0.15) is 0 Å². The second-order valence-corrected chi connectivity index (χ2v) is 4.82. The summed E-state index contributed by atoms with van der Waals surface area (Å²) in [5, 5.41) is 3.37. The molecule has 0 aromatic heterocycles. The summed E-state index contributed by atoms with van der Waals surface area (Å²) in [6, 6.07) is 6.47. The third-order valence-electron chi connectivity index (χ3n) is 2.71. The number of hydrogen-bond acceptors (Lipinski definition) is 4. The van der Waals surface area contributed by atoms with Gasteiger partial charge in [0.05, 0.1) is 20.1 Å². The fourth-order valence-corrected chi connectivity index (χ4v) is 1.65. The molecule has 1 aromatic rings. The molecular weight excluding hydrogens is 242 g/mol. The van der Waals surface area contributed by atoms with E-state index in [2.05, 4.69) is 36.9 Å². The Balaban J connectivity index is 2.62. The van der Waals surface area contributed by atoms with Crippen LogP contribution in [0.4, 0.5) is 0 Å². The SMILES string of the molecule is COC(=O)CCOc1ccc(C)cc1CNC(C)C. The van der Waals surface area contributed by atoms with E-state index in [4.69, 9.17) is 4.74 Å². The van der Waals surface area contributed by atoms with Gasteiger partial charge in [0.1, 0.15) is 5.75 Å². The number of benzene rings is 1. The average molecular weight is 265 g/mol. The lowest BCUT2D eigenvalue weighted by Gasteiger charge is -2.14. The van der Waals surface area contributed by atoms with Gasteiger partial charge in [-0.1, -0.05) is 31.5 Å². The molecular formula is C15H23NO3. The van der Waals surface area contributed by atoms with Crippen LogP contribution in [0, 0.1) is 6.92 Å².